The highest BCUT2D eigenvalue weighted by Crippen LogP contribution is 2.28. The topological polar surface area (TPSA) is 103 Å². The predicted octanol–water partition coefficient (Wildman–Crippen LogP) is 3.43. The molecule has 2 heterocycles. The molecule has 0 spiro atoms. The third-order valence-corrected chi connectivity index (χ3v) is 4.64. The molecule has 8 nitrogen and oxygen atoms in total. The molecule has 0 unspecified atom stereocenters. The summed E-state index contributed by atoms with van der Waals surface area (Å²) < 4.78 is 0. The summed E-state index contributed by atoms with van der Waals surface area (Å²) in [7, 11) is 3.68. The summed E-state index contributed by atoms with van der Waals surface area (Å²) in [5.41, 5.74) is 3.13. The van der Waals surface area contributed by atoms with Gasteiger partial charge in [-0.3, -0.25) is 9.59 Å². The molecule has 4 aromatic rings. The van der Waals surface area contributed by atoms with E-state index in [1.807, 2.05) is 44.4 Å². The van der Waals surface area contributed by atoms with Crippen LogP contribution in [0.15, 0.2) is 67.1 Å². The number of hydrogen-bond donors (Lipinski definition) is 3. The van der Waals surface area contributed by atoms with Gasteiger partial charge in [-0.1, -0.05) is 30.3 Å². The lowest BCUT2D eigenvalue weighted by molar-refractivity contribution is -0.116. The van der Waals surface area contributed by atoms with E-state index in [0.717, 1.165) is 5.69 Å². The molecule has 0 aliphatic heterocycles. The number of H-pyrrole nitrogens is 1. The Morgan fingerprint density at radius 3 is 2.39 bits per heavy atom. The summed E-state index contributed by atoms with van der Waals surface area (Å²) in [6, 6.07) is 16.4. The van der Waals surface area contributed by atoms with E-state index in [-0.39, 0.29) is 11.7 Å². The second kappa shape index (κ2) is 8.76. The number of amides is 1. The minimum Gasteiger partial charge on any atom is -0.345 e. The molecule has 4 rings (SSSR count). The first kappa shape index (κ1) is 20.2. The van der Waals surface area contributed by atoms with E-state index in [1.54, 1.807) is 35.4 Å². The minimum atomic E-state index is -0.108. The lowest BCUT2D eigenvalue weighted by Crippen LogP contribution is -2.27. The van der Waals surface area contributed by atoms with Crippen LogP contribution in [-0.4, -0.2) is 52.2 Å². The molecule has 2 aromatic carbocycles. The second-order valence-electron chi connectivity index (χ2n) is 7.33. The van der Waals surface area contributed by atoms with Crippen molar-refractivity contribution in [2.45, 2.75) is 0 Å². The number of nitrogens with one attached hydrogen (secondary N) is 3. The molecule has 0 aliphatic rings. The number of ketones is 1. The molecule has 0 fully saturated rings. The standard InChI is InChI=1S/C23H22N6O2/c1-29(2)13-19(30)27-16-8-10-17(11-9-16)28-23-20-18(12-24-22(20)25-14-26-23)21(31)15-6-4-3-5-7-15/h3-12,14H,13H2,1-2H3,(H,27,30)(H2,24,25,26,28). The summed E-state index contributed by atoms with van der Waals surface area (Å²) >= 11 is 0. The zero-order valence-corrected chi connectivity index (χ0v) is 17.2. The van der Waals surface area contributed by atoms with Crippen LogP contribution in [0.1, 0.15) is 15.9 Å². The highest BCUT2D eigenvalue weighted by atomic mass is 16.2. The SMILES string of the molecule is CN(C)CC(=O)Nc1ccc(Nc2ncnc3[nH]cc(C(=O)c4ccccc4)c23)cc1. The third kappa shape index (κ3) is 4.59. The first-order chi connectivity index (χ1) is 15.0. The van der Waals surface area contributed by atoms with Crippen molar-refractivity contribution in [3.63, 3.8) is 0 Å². The number of fused-ring (bicyclic) bond motifs is 1. The summed E-state index contributed by atoms with van der Waals surface area (Å²) in [5.74, 6) is 0.332. The number of aromatic nitrogens is 3. The van der Waals surface area contributed by atoms with Crippen LogP contribution >= 0.6 is 0 Å². The van der Waals surface area contributed by atoms with Gasteiger partial charge in [0, 0.05) is 23.1 Å². The fourth-order valence-corrected chi connectivity index (χ4v) is 3.24. The maximum atomic E-state index is 13.0. The van der Waals surface area contributed by atoms with Crippen LogP contribution in [0.3, 0.4) is 0 Å². The molecule has 1 amide bonds. The third-order valence-electron chi connectivity index (χ3n) is 4.64. The summed E-state index contributed by atoms with van der Waals surface area (Å²) in [6.45, 7) is 0.310. The van der Waals surface area contributed by atoms with Crippen molar-refractivity contribution in [2.75, 3.05) is 31.3 Å². The maximum Gasteiger partial charge on any atom is 0.238 e. The molecule has 0 radical (unpaired) electrons. The van der Waals surface area contributed by atoms with Gasteiger partial charge in [-0.05, 0) is 38.4 Å². The number of hydrogen-bond acceptors (Lipinski definition) is 6. The van der Waals surface area contributed by atoms with E-state index >= 15 is 0 Å². The van der Waals surface area contributed by atoms with E-state index in [0.29, 0.717) is 40.2 Å². The number of carbonyl (C=O) groups is 2. The Morgan fingerprint density at radius 2 is 1.68 bits per heavy atom. The van der Waals surface area contributed by atoms with Crippen molar-refractivity contribution >= 4 is 39.9 Å². The maximum absolute atomic E-state index is 13.0. The number of likely N-dealkylation sites (N-methyl/N-ethyl adjacent to an activating group) is 1. The van der Waals surface area contributed by atoms with Gasteiger partial charge in [0.15, 0.2) is 5.78 Å². The lowest BCUT2D eigenvalue weighted by Gasteiger charge is -2.11. The first-order valence-electron chi connectivity index (χ1n) is 9.75. The van der Waals surface area contributed by atoms with Crippen LogP contribution < -0.4 is 10.6 Å². The molecule has 8 heteroatoms. The Bertz CT molecular complexity index is 1220. The van der Waals surface area contributed by atoms with Crippen LogP contribution in [-0.2, 0) is 4.79 Å². The molecule has 2 aromatic heterocycles. The van der Waals surface area contributed by atoms with Gasteiger partial charge in [-0.2, -0.15) is 0 Å². The van der Waals surface area contributed by atoms with E-state index in [1.165, 1.54) is 6.33 Å². The van der Waals surface area contributed by atoms with Gasteiger partial charge in [-0.15, -0.1) is 0 Å². The molecule has 0 saturated carbocycles. The van der Waals surface area contributed by atoms with E-state index in [2.05, 4.69) is 25.6 Å². The van der Waals surface area contributed by atoms with Crippen LogP contribution in [0.4, 0.5) is 17.2 Å². The number of nitrogens with zero attached hydrogens (tertiary/aromatic N) is 3. The Balaban J connectivity index is 1.58. The first-order valence-corrected chi connectivity index (χ1v) is 9.75. The molecule has 3 N–H and O–H groups in total. The van der Waals surface area contributed by atoms with E-state index in [9.17, 15) is 9.59 Å². The zero-order valence-electron chi connectivity index (χ0n) is 17.2. The lowest BCUT2D eigenvalue weighted by atomic mass is 10.0. The number of benzene rings is 2. The summed E-state index contributed by atoms with van der Waals surface area (Å²) in [6.07, 6.45) is 3.09. The number of rotatable bonds is 7. The quantitative estimate of drug-likeness (QED) is 0.400. The Morgan fingerprint density at radius 1 is 0.968 bits per heavy atom. The molecule has 156 valence electrons. The fourth-order valence-electron chi connectivity index (χ4n) is 3.24. The average Bonchev–Trinajstić information content (AvgIpc) is 3.20. The Hall–Kier alpha value is -4.04. The van der Waals surface area contributed by atoms with Gasteiger partial charge in [-0.25, -0.2) is 9.97 Å². The van der Waals surface area contributed by atoms with Crippen molar-refractivity contribution in [3.05, 3.63) is 78.2 Å². The van der Waals surface area contributed by atoms with Crippen LogP contribution in [0.2, 0.25) is 0 Å². The Kier molecular flexibility index (Phi) is 5.72. The molecular weight excluding hydrogens is 392 g/mol. The largest absolute Gasteiger partial charge is 0.345 e. The molecule has 0 atom stereocenters. The normalized spacial score (nSPS) is 10.9. The molecule has 0 saturated heterocycles. The molecule has 31 heavy (non-hydrogen) atoms. The van der Waals surface area contributed by atoms with Gasteiger partial charge in [0.25, 0.3) is 0 Å². The summed E-state index contributed by atoms with van der Waals surface area (Å²) in [4.78, 5) is 38.4. The molecule has 0 bridgehead atoms. The fraction of sp³-hybridized carbons (Fsp3) is 0.130. The monoisotopic (exact) mass is 414 g/mol. The molecular formula is C23H22N6O2. The average molecular weight is 414 g/mol. The van der Waals surface area contributed by atoms with Crippen molar-refractivity contribution in [3.8, 4) is 0 Å². The minimum absolute atomic E-state index is 0.0837. The second-order valence-corrected chi connectivity index (χ2v) is 7.33. The van der Waals surface area contributed by atoms with Crippen molar-refractivity contribution in [2.24, 2.45) is 0 Å². The van der Waals surface area contributed by atoms with Gasteiger partial charge in [0.05, 0.1) is 17.5 Å². The Labute approximate surface area is 179 Å². The highest BCUT2D eigenvalue weighted by Gasteiger charge is 2.18. The smallest absolute Gasteiger partial charge is 0.238 e. The van der Waals surface area contributed by atoms with Gasteiger partial charge < -0.3 is 20.5 Å². The van der Waals surface area contributed by atoms with Crippen molar-refractivity contribution in [1.29, 1.82) is 0 Å². The van der Waals surface area contributed by atoms with Crippen molar-refractivity contribution in [1.82, 2.24) is 19.9 Å². The van der Waals surface area contributed by atoms with E-state index < -0.39 is 0 Å². The molecule has 0 aliphatic carbocycles. The van der Waals surface area contributed by atoms with E-state index in [4.69, 9.17) is 0 Å². The number of anilines is 3. The summed E-state index contributed by atoms with van der Waals surface area (Å²) in [5, 5.41) is 6.72. The van der Waals surface area contributed by atoms with Crippen LogP contribution in [0.5, 0.6) is 0 Å². The highest BCUT2D eigenvalue weighted by molar-refractivity contribution is 6.18. The zero-order chi connectivity index (χ0) is 21.8. The van der Waals surface area contributed by atoms with Gasteiger partial charge in [0.1, 0.15) is 17.8 Å². The van der Waals surface area contributed by atoms with Crippen molar-refractivity contribution < 1.29 is 9.59 Å². The van der Waals surface area contributed by atoms with Gasteiger partial charge >= 0.3 is 0 Å². The van der Waals surface area contributed by atoms with Crippen LogP contribution in [0.25, 0.3) is 11.0 Å². The van der Waals surface area contributed by atoms with Crippen LogP contribution in [0, 0.1) is 0 Å². The predicted molar refractivity (Wildman–Crippen MR) is 121 cm³/mol. The van der Waals surface area contributed by atoms with Gasteiger partial charge in [0.2, 0.25) is 5.91 Å². The number of aromatic amines is 1. The number of carbonyl (C=O) groups excluding carboxylic acids is 2.